The molecule has 0 spiro atoms. The van der Waals surface area contributed by atoms with Crippen LogP contribution < -0.4 is 5.32 Å². The Morgan fingerprint density at radius 3 is 2.10 bits per heavy atom. The van der Waals surface area contributed by atoms with Gasteiger partial charge in [0.25, 0.3) is 0 Å². The highest BCUT2D eigenvalue weighted by molar-refractivity contribution is 7.99. The Labute approximate surface area is 186 Å². The number of carbonyl (C=O) groups is 1. The lowest BCUT2D eigenvalue weighted by molar-refractivity contribution is -0.118. The number of carbonyl (C=O) groups excluding carboxylic acids is 1. The number of para-hydroxylation sites is 1. The number of benzene rings is 3. The van der Waals surface area contributed by atoms with E-state index in [9.17, 15) is 4.79 Å². The molecule has 4 rings (SSSR count). The Balaban J connectivity index is 1.42. The van der Waals surface area contributed by atoms with Crippen molar-refractivity contribution in [1.82, 2.24) is 20.1 Å². The molecule has 0 radical (unpaired) electrons. The molecule has 4 aromatic rings. The highest BCUT2D eigenvalue weighted by atomic mass is 32.2. The molecule has 0 fully saturated rings. The maximum atomic E-state index is 12.4. The average molecular weight is 429 g/mol. The van der Waals surface area contributed by atoms with Crippen molar-refractivity contribution in [3.05, 3.63) is 108 Å². The normalized spacial score (nSPS) is 10.7. The van der Waals surface area contributed by atoms with Gasteiger partial charge in [-0.3, -0.25) is 9.36 Å². The van der Waals surface area contributed by atoms with Crippen LogP contribution in [0.4, 0.5) is 0 Å². The van der Waals surface area contributed by atoms with Crippen molar-refractivity contribution < 1.29 is 4.79 Å². The molecule has 0 unspecified atom stereocenters. The van der Waals surface area contributed by atoms with Crippen molar-refractivity contribution in [2.45, 2.75) is 18.0 Å². The average Bonchev–Trinajstić information content (AvgIpc) is 3.22. The van der Waals surface area contributed by atoms with Gasteiger partial charge in [-0.05, 0) is 29.7 Å². The van der Waals surface area contributed by atoms with Crippen molar-refractivity contribution in [2.24, 2.45) is 0 Å². The molecule has 0 atom stereocenters. The quantitative estimate of drug-likeness (QED) is 0.404. The van der Waals surface area contributed by atoms with Crippen LogP contribution in [0.5, 0.6) is 0 Å². The van der Waals surface area contributed by atoms with E-state index in [1.54, 1.807) is 0 Å². The van der Waals surface area contributed by atoms with E-state index < -0.39 is 0 Å². The van der Waals surface area contributed by atoms with E-state index in [0.29, 0.717) is 18.7 Å². The molecule has 1 heterocycles. The van der Waals surface area contributed by atoms with E-state index in [-0.39, 0.29) is 5.91 Å². The Hall–Kier alpha value is -3.38. The maximum absolute atomic E-state index is 12.4. The zero-order valence-corrected chi connectivity index (χ0v) is 18.0. The molecule has 0 bridgehead atoms. The lowest BCUT2D eigenvalue weighted by Crippen LogP contribution is -2.27. The largest absolute Gasteiger partial charge is 0.355 e. The van der Waals surface area contributed by atoms with Crippen molar-refractivity contribution in [2.75, 3.05) is 12.3 Å². The van der Waals surface area contributed by atoms with Gasteiger partial charge in [0.15, 0.2) is 5.16 Å². The standard InChI is InChI=1S/C25H24N4OS/c30-24(26-17-16-20-10-4-1-5-11-20)19-31-25-28-27-23(18-21-12-6-2-7-13-21)29(25)22-14-8-3-9-15-22/h1-15H,16-19H2,(H,26,30). The van der Waals surface area contributed by atoms with Crippen LogP contribution >= 0.6 is 11.8 Å². The summed E-state index contributed by atoms with van der Waals surface area (Å²) in [5.74, 6) is 1.14. The molecule has 3 aromatic carbocycles. The summed E-state index contributed by atoms with van der Waals surface area (Å²) in [6.45, 7) is 0.619. The van der Waals surface area contributed by atoms with Crippen molar-refractivity contribution in [3.63, 3.8) is 0 Å². The number of hydrogen-bond donors (Lipinski definition) is 1. The fourth-order valence-corrected chi connectivity index (χ4v) is 4.10. The van der Waals surface area contributed by atoms with E-state index in [0.717, 1.165) is 23.1 Å². The highest BCUT2D eigenvalue weighted by Gasteiger charge is 2.16. The first-order valence-corrected chi connectivity index (χ1v) is 11.3. The fraction of sp³-hybridized carbons (Fsp3) is 0.160. The Morgan fingerprint density at radius 1 is 0.806 bits per heavy atom. The number of thioether (sulfide) groups is 1. The number of aromatic nitrogens is 3. The predicted octanol–water partition coefficient (Wildman–Crippen LogP) is 4.31. The number of hydrogen-bond acceptors (Lipinski definition) is 4. The molecular weight excluding hydrogens is 404 g/mol. The van der Waals surface area contributed by atoms with Gasteiger partial charge in [0.1, 0.15) is 5.82 Å². The molecule has 0 saturated heterocycles. The third-order valence-corrected chi connectivity index (χ3v) is 5.76. The zero-order valence-electron chi connectivity index (χ0n) is 17.1. The van der Waals surface area contributed by atoms with Crippen LogP contribution in [0, 0.1) is 0 Å². The summed E-state index contributed by atoms with van der Waals surface area (Å²) >= 11 is 1.40. The predicted molar refractivity (Wildman–Crippen MR) is 124 cm³/mol. The lowest BCUT2D eigenvalue weighted by Gasteiger charge is -2.10. The molecule has 0 aliphatic heterocycles. The molecule has 31 heavy (non-hydrogen) atoms. The van der Waals surface area contributed by atoms with Crippen molar-refractivity contribution in [3.8, 4) is 5.69 Å². The van der Waals surface area contributed by atoms with Gasteiger partial charge in [-0.2, -0.15) is 0 Å². The van der Waals surface area contributed by atoms with Gasteiger partial charge in [0.05, 0.1) is 5.75 Å². The van der Waals surface area contributed by atoms with Crippen LogP contribution in [-0.4, -0.2) is 33.0 Å². The van der Waals surface area contributed by atoms with Crippen LogP contribution in [0.15, 0.2) is 96.2 Å². The molecule has 1 N–H and O–H groups in total. The summed E-state index contributed by atoms with van der Waals surface area (Å²) in [6.07, 6.45) is 1.49. The summed E-state index contributed by atoms with van der Waals surface area (Å²) in [5, 5.41) is 12.5. The molecule has 0 aliphatic carbocycles. The first-order valence-electron chi connectivity index (χ1n) is 10.3. The van der Waals surface area contributed by atoms with E-state index in [2.05, 4.69) is 39.8 Å². The maximum Gasteiger partial charge on any atom is 0.230 e. The van der Waals surface area contributed by atoms with Gasteiger partial charge >= 0.3 is 0 Å². The molecule has 1 aromatic heterocycles. The van der Waals surface area contributed by atoms with Crippen LogP contribution in [0.25, 0.3) is 5.69 Å². The third-order valence-electron chi connectivity index (χ3n) is 4.83. The number of nitrogens with one attached hydrogen (secondary N) is 1. The molecule has 6 heteroatoms. The molecular formula is C25H24N4OS. The summed E-state index contributed by atoms with van der Waals surface area (Å²) < 4.78 is 2.04. The SMILES string of the molecule is O=C(CSc1nnc(Cc2ccccc2)n1-c1ccccc1)NCCc1ccccc1. The third kappa shape index (κ3) is 5.83. The molecule has 1 amide bonds. The minimum atomic E-state index is -0.00634. The molecule has 156 valence electrons. The van der Waals surface area contributed by atoms with Crippen LogP contribution in [-0.2, 0) is 17.6 Å². The minimum absolute atomic E-state index is 0.00634. The minimum Gasteiger partial charge on any atom is -0.355 e. The first kappa shape index (κ1) is 20.9. The summed E-state index contributed by atoms with van der Waals surface area (Å²) in [7, 11) is 0. The second kappa shape index (κ2) is 10.6. The van der Waals surface area contributed by atoms with Crippen LogP contribution in [0.3, 0.4) is 0 Å². The fourth-order valence-electron chi connectivity index (χ4n) is 3.30. The van der Waals surface area contributed by atoms with Crippen LogP contribution in [0.1, 0.15) is 17.0 Å². The number of amides is 1. The van der Waals surface area contributed by atoms with Gasteiger partial charge in [-0.25, -0.2) is 0 Å². The highest BCUT2D eigenvalue weighted by Crippen LogP contribution is 2.23. The van der Waals surface area contributed by atoms with Gasteiger partial charge in [0, 0.05) is 18.7 Å². The first-order chi connectivity index (χ1) is 15.3. The van der Waals surface area contributed by atoms with Crippen molar-refractivity contribution >= 4 is 17.7 Å². The Morgan fingerprint density at radius 2 is 1.42 bits per heavy atom. The van der Waals surface area contributed by atoms with E-state index in [4.69, 9.17) is 0 Å². The smallest absolute Gasteiger partial charge is 0.230 e. The molecule has 0 saturated carbocycles. The number of rotatable bonds is 9. The van der Waals surface area contributed by atoms with Gasteiger partial charge in [0.2, 0.25) is 5.91 Å². The van der Waals surface area contributed by atoms with Gasteiger partial charge < -0.3 is 5.32 Å². The van der Waals surface area contributed by atoms with E-state index >= 15 is 0 Å². The summed E-state index contributed by atoms with van der Waals surface area (Å²) in [4.78, 5) is 12.4. The van der Waals surface area contributed by atoms with E-state index in [1.165, 1.54) is 22.9 Å². The topological polar surface area (TPSA) is 59.8 Å². The molecule has 0 aliphatic rings. The second-order valence-corrected chi connectivity index (χ2v) is 8.05. The summed E-state index contributed by atoms with van der Waals surface area (Å²) in [6, 6.07) is 30.4. The van der Waals surface area contributed by atoms with Crippen molar-refractivity contribution in [1.29, 1.82) is 0 Å². The Kier molecular flexibility index (Phi) is 7.13. The lowest BCUT2D eigenvalue weighted by atomic mass is 10.1. The molecule has 5 nitrogen and oxygen atoms in total. The van der Waals surface area contributed by atoms with Crippen LogP contribution in [0.2, 0.25) is 0 Å². The monoisotopic (exact) mass is 428 g/mol. The Bertz CT molecular complexity index is 1100. The second-order valence-electron chi connectivity index (χ2n) is 7.11. The zero-order chi connectivity index (χ0) is 21.3. The summed E-state index contributed by atoms with van der Waals surface area (Å²) in [5.41, 5.74) is 3.37. The van der Waals surface area contributed by atoms with Gasteiger partial charge in [-0.1, -0.05) is 90.6 Å². The number of nitrogens with zero attached hydrogens (tertiary/aromatic N) is 3. The van der Waals surface area contributed by atoms with E-state index in [1.807, 2.05) is 71.3 Å². The van der Waals surface area contributed by atoms with Gasteiger partial charge in [-0.15, -0.1) is 10.2 Å².